The van der Waals surface area contributed by atoms with Crippen LogP contribution in [0.15, 0.2) is 146 Å². The van der Waals surface area contributed by atoms with Crippen molar-refractivity contribution in [3.63, 3.8) is 0 Å². The lowest BCUT2D eigenvalue weighted by Crippen LogP contribution is -2.39. The predicted octanol–water partition coefficient (Wildman–Crippen LogP) is 10.5. The zero-order chi connectivity index (χ0) is 34.5. The highest BCUT2D eigenvalue weighted by Gasteiger charge is 2.42. The summed E-state index contributed by atoms with van der Waals surface area (Å²) in [5.74, 6) is 0.665. The van der Waals surface area contributed by atoms with Crippen molar-refractivity contribution in [3.05, 3.63) is 190 Å². The molecule has 7 aromatic rings. The Kier molecular flexibility index (Phi) is 9.68. The number of unbranched alkanes of at least 4 members (excludes halogenated alkanes) is 1. The average Bonchev–Trinajstić information content (AvgIpc) is 3.67. The maximum absolute atomic E-state index is 7.28. The third kappa shape index (κ3) is 6.03. The van der Waals surface area contributed by atoms with Crippen LogP contribution in [0.3, 0.4) is 0 Å². The molecule has 50 heavy (non-hydrogen) atoms. The maximum atomic E-state index is 7.28. The highest BCUT2D eigenvalue weighted by molar-refractivity contribution is 6.22. The van der Waals surface area contributed by atoms with Crippen molar-refractivity contribution in [3.8, 4) is 22.5 Å². The van der Waals surface area contributed by atoms with E-state index in [9.17, 15) is 0 Å². The molecule has 2 heterocycles. The lowest BCUT2D eigenvalue weighted by Gasteiger charge is -2.36. The van der Waals surface area contributed by atoms with Gasteiger partial charge in [-0.05, 0) is 87.2 Å². The number of alkyl halides is 1. The van der Waals surface area contributed by atoms with Crippen molar-refractivity contribution in [2.75, 3.05) is 0 Å². The number of aryl methyl sites for hydroxylation is 2. The first-order valence-corrected chi connectivity index (χ1v) is 17.7. The highest BCUT2D eigenvalue weighted by atomic mass is 35.5. The zero-order valence-corrected chi connectivity index (χ0v) is 29.4. The molecule has 2 aromatic heterocycles. The van der Waals surface area contributed by atoms with E-state index < -0.39 is 5.54 Å². The van der Waals surface area contributed by atoms with E-state index in [1.165, 1.54) is 5.56 Å². The molecule has 0 amide bonds. The molecule has 7 rings (SSSR count). The average molecular weight is 674 g/mol. The van der Waals surface area contributed by atoms with Crippen LogP contribution in [0.1, 0.15) is 69.8 Å². The smallest absolute Gasteiger partial charge is 0.184 e. The maximum Gasteiger partial charge on any atom is 0.184 e. The van der Waals surface area contributed by atoms with Gasteiger partial charge in [-0.3, -0.25) is 4.98 Å². The molecule has 1 atom stereocenters. The van der Waals surface area contributed by atoms with Gasteiger partial charge in [-0.15, -0.1) is 16.7 Å². The number of benzene rings is 5. The fraction of sp³-hybridized carbons (Fsp3) is 0.182. The lowest BCUT2D eigenvalue weighted by molar-refractivity contribution is 0.451. The molecule has 0 saturated heterocycles. The molecular weight excluding hydrogens is 634 g/mol. The number of rotatable bonds is 11. The van der Waals surface area contributed by atoms with E-state index in [-0.39, 0.29) is 5.38 Å². The minimum atomic E-state index is -0.847. The largest absolute Gasteiger partial charge is 0.261 e. The Bertz CT molecular complexity index is 2080. The van der Waals surface area contributed by atoms with Crippen LogP contribution in [-0.4, -0.2) is 25.2 Å². The van der Waals surface area contributed by atoms with Gasteiger partial charge in [0.05, 0.1) is 5.38 Å². The van der Waals surface area contributed by atoms with E-state index in [2.05, 4.69) is 141 Å². The first-order valence-electron chi connectivity index (χ1n) is 17.3. The van der Waals surface area contributed by atoms with Crippen LogP contribution in [0.5, 0.6) is 0 Å². The van der Waals surface area contributed by atoms with Gasteiger partial charge in [0.1, 0.15) is 5.54 Å². The van der Waals surface area contributed by atoms with Crippen molar-refractivity contribution in [1.29, 1.82) is 0 Å². The number of pyridine rings is 1. The van der Waals surface area contributed by atoms with E-state index in [0.717, 1.165) is 75.0 Å². The third-order valence-electron chi connectivity index (χ3n) is 9.79. The topological polar surface area (TPSA) is 56.5 Å². The Balaban J connectivity index is 1.35. The number of nitrogens with zero attached hydrogens (tertiary/aromatic N) is 5. The predicted molar refractivity (Wildman–Crippen MR) is 203 cm³/mol. The molecule has 0 spiro atoms. The van der Waals surface area contributed by atoms with Crippen molar-refractivity contribution < 1.29 is 0 Å². The molecule has 0 saturated carbocycles. The summed E-state index contributed by atoms with van der Waals surface area (Å²) in [5.41, 5.74) is 11.0. The summed E-state index contributed by atoms with van der Waals surface area (Å²) < 4.78 is 1.99. The molecule has 5 nitrogen and oxygen atoms in total. The standard InChI is InChI=1S/C44H40ClN5/c1-4-5-25-40-41(32(3)31(2)30-46-40)42(45)34-28-26-33(27-29-34)38-23-15-16-24-39(38)43-47-48-49-50(43)44(35-17-9-6-10-18-35,36-19-11-7-12-20-36)37-21-13-8-14-22-37/h6-24,26-30,42H,4-5,25H2,1-3H3. The summed E-state index contributed by atoms with van der Waals surface area (Å²) in [4.78, 5) is 4.82. The zero-order valence-electron chi connectivity index (χ0n) is 28.7. The molecule has 5 aromatic carbocycles. The van der Waals surface area contributed by atoms with Gasteiger partial charge >= 0.3 is 0 Å². The fourth-order valence-corrected chi connectivity index (χ4v) is 7.50. The summed E-state index contributed by atoms with van der Waals surface area (Å²) in [6.45, 7) is 6.47. The SMILES string of the molecule is CCCCc1ncc(C)c(C)c1C(Cl)c1ccc(-c2ccccc2-c2nnnn2C(c2ccccc2)(c2ccccc2)c2ccccc2)cc1. The molecule has 0 bridgehead atoms. The van der Waals surface area contributed by atoms with E-state index >= 15 is 0 Å². The summed E-state index contributed by atoms with van der Waals surface area (Å²) in [6.07, 6.45) is 5.10. The van der Waals surface area contributed by atoms with E-state index in [4.69, 9.17) is 26.9 Å². The third-order valence-corrected chi connectivity index (χ3v) is 10.3. The number of tetrazole rings is 1. The molecule has 0 aliphatic rings. The van der Waals surface area contributed by atoms with Crippen LogP contribution in [0, 0.1) is 13.8 Å². The van der Waals surface area contributed by atoms with Crippen LogP contribution in [0.2, 0.25) is 0 Å². The van der Waals surface area contributed by atoms with Gasteiger partial charge in [-0.25, -0.2) is 4.68 Å². The van der Waals surface area contributed by atoms with Crippen molar-refractivity contribution in [1.82, 2.24) is 25.2 Å². The van der Waals surface area contributed by atoms with Gasteiger partial charge in [-0.1, -0.05) is 153 Å². The van der Waals surface area contributed by atoms with E-state index in [1.807, 2.05) is 35.1 Å². The minimum absolute atomic E-state index is 0.297. The number of halogens is 1. The summed E-state index contributed by atoms with van der Waals surface area (Å²) >= 11 is 7.28. The van der Waals surface area contributed by atoms with Crippen LogP contribution in [0.25, 0.3) is 22.5 Å². The van der Waals surface area contributed by atoms with Crippen molar-refractivity contribution in [2.24, 2.45) is 0 Å². The van der Waals surface area contributed by atoms with Gasteiger partial charge in [-0.2, -0.15) is 0 Å². The Morgan fingerprint density at radius 1 is 0.680 bits per heavy atom. The quantitative estimate of drug-likeness (QED) is 0.101. The molecule has 6 heteroatoms. The van der Waals surface area contributed by atoms with Gasteiger partial charge in [0.15, 0.2) is 5.82 Å². The summed E-state index contributed by atoms with van der Waals surface area (Å²) in [7, 11) is 0. The molecule has 0 aliphatic carbocycles. The molecular formula is C44H40ClN5. The molecule has 248 valence electrons. The number of aromatic nitrogens is 5. The first-order chi connectivity index (χ1) is 24.5. The molecule has 0 N–H and O–H groups in total. The molecule has 0 aliphatic heterocycles. The Morgan fingerprint density at radius 2 is 1.22 bits per heavy atom. The van der Waals surface area contributed by atoms with Gasteiger partial charge < -0.3 is 0 Å². The number of hydrogen-bond donors (Lipinski definition) is 0. The second kappa shape index (κ2) is 14.6. The number of hydrogen-bond acceptors (Lipinski definition) is 4. The second-order valence-corrected chi connectivity index (χ2v) is 13.2. The van der Waals surface area contributed by atoms with Crippen LogP contribution in [-0.2, 0) is 12.0 Å². The Morgan fingerprint density at radius 3 is 1.78 bits per heavy atom. The van der Waals surface area contributed by atoms with E-state index in [1.54, 1.807) is 0 Å². The Labute approximate surface area is 299 Å². The molecule has 0 fully saturated rings. The monoisotopic (exact) mass is 673 g/mol. The highest BCUT2D eigenvalue weighted by Crippen LogP contribution is 2.44. The lowest BCUT2D eigenvalue weighted by atomic mass is 9.77. The van der Waals surface area contributed by atoms with E-state index in [0.29, 0.717) is 5.82 Å². The summed E-state index contributed by atoms with van der Waals surface area (Å²) in [5, 5.41) is 13.5. The minimum Gasteiger partial charge on any atom is -0.261 e. The van der Waals surface area contributed by atoms with Crippen molar-refractivity contribution >= 4 is 11.6 Å². The fourth-order valence-electron chi connectivity index (χ4n) is 7.06. The molecule has 0 radical (unpaired) electrons. The first kappa shape index (κ1) is 33.1. The van der Waals surface area contributed by atoms with Gasteiger partial charge in [0.25, 0.3) is 0 Å². The van der Waals surface area contributed by atoms with Crippen LogP contribution in [0.4, 0.5) is 0 Å². The normalized spacial score (nSPS) is 12.2. The Hall–Kier alpha value is -5.39. The van der Waals surface area contributed by atoms with Gasteiger partial charge in [0, 0.05) is 17.5 Å². The summed E-state index contributed by atoms with van der Waals surface area (Å²) in [6, 6.07) is 48.4. The van der Waals surface area contributed by atoms with Crippen molar-refractivity contribution in [2.45, 2.75) is 50.9 Å². The second-order valence-electron chi connectivity index (χ2n) is 12.8. The molecule has 1 unspecified atom stereocenters. The van der Waals surface area contributed by atoms with Gasteiger partial charge in [0.2, 0.25) is 0 Å². The van der Waals surface area contributed by atoms with Crippen LogP contribution >= 0.6 is 11.6 Å². The van der Waals surface area contributed by atoms with Crippen LogP contribution < -0.4 is 0 Å².